The van der Waals surface area contributed by atoms with Crippen molar-refractivity contribution in [1.82, 2.24) is 9.47 Å². The molecule has 2 aromatic heterocycles. The molecule has 0 saturated carbocycles. The van der Waals surface area contributed by atoms with Crippen LogP contribution in [-0.4, -0.2) is 21.4 Å². The van der Waals surface area contributed by atoms with E-state index >= 15 is 0 Å². The van der Waals surface area contributed by atoms with Crippen LogP contribution in [0.4, 0.5) is 5.69 Å². The van der Waals surface area contributed by atoms with E-state index in [-0.39, 0.29) is 11.2 Å². The average molecular weight is 279 g/mol. The third kappa shape index (κ3) is 3.49. The zero-order valence-electron chi connectivity index (χ0n) is 10.4. The third-order valence-corrected chi connectivity index (χ3v) is 3.34. The first-order valence-electron chi connectivity index (χ1n) is 5.61. The van der Waals surface area contributed by atoms with Gasteiger partial charge in [-0.25, -0.2) is 0 Å². The summed E-state index contributed by atoms with van der Waals surface area (Å²) in [7, 11) is 1.86. The summed E-state index contributed by atoms with van der Waals surface area (Å²) >= 11 is 1.61. The van der Waals surface area contributed by atoms with Crippen LogP contribution in [0.25, 0.3) is 0 Å². The first kappa shape index (κ1) is 13.4. The Kier molecular flexibility index (Phi) is 4.08. The Bertz CT molecular complexity index is 621. The smallest absolute Gasteiger partial charge is 0.285 e. The summed E-state index contributed by atoms with van der Waals surface area (Å²) in [6.07, 6.45) is 1.27. The monoisotopic (exact) mass is 279 g/mol. The molecule has 0 atom stereocenters. The highest BCUT2D eigenvalue weighted by molar-refractivity contribution is 7.07. The van der Waals surface area contributed by atoms with Gasteiger partial charge in [0.15, 0.2) is 0 Å². The van der Waals surface area contributed by atoms with Gasteiger partial charge in [-0.2, -0.15) is 11.3 Å². The Balaban J connectivity index is 2.11. The molecule has 0 aliphatic heterocycles. The quantitative estimate of drug-likeness (QED) is 0.619. The molecule has 0 bridgehead atoms. The Hall–Kier alpha value is -1.99. The van der Waals surface area contributed by atoms with Crippen molar-refractivity contribution in [3.63, 3.8) is 0 Å². The van der Waals surface area contributed by atoms with Crippen LogP contribution in [0.5, 0.6) is 0 Å². The molecule has 2 heterocycles. The van der Waals surface area contributed by atoms with Crippen LogP contribution >= 0.6 is 11.3 Å². The van der Waals surface area contributed by atoms with E-state index in [1.807, 2.05) is 28.8 Å². The third-order valence-electron chi connectivity index (χ3n) is 2.61. The second-order valence-corrected chi connectivity index (χ2v) is 5.02. The summed E-state index contributed by atoms with van der Waals surface area (Å²) in [6.45, 7) is 1.01. The van der Waals surface area contributed by atoms with Gasteiger partial charge in [-0.15, -0.1) is 0 Å². The molecule has 0 aromatic carbocycles. The standard InChI is InChI=1S/C12H13N3O3S/c1-13(6-10-4-5-19-8-10)9-14-7-11(15(17)18)2-3-12(14)16/h2-5,7-8H,6,9H2,1H3. The van der Waals surface area contributed by atoms with Gasteiger partial charge in [0.1, 0.15) is 0 Å². The highest BCUT2D eigenvalue weighted by Gasteiger charge is 2.09. The van der Waals surface area contributed by atoms with E-state index in [1.165, 1.54) is 22.9 Å². The van der Waals surface area contributed by atoms with Crippen LogP contribution in [0, 0.1) is 10.1 Å². The number of rotatable bonds is 5. The number of aromatic nitrogens is 1. The largest absolute Gasteiger partial charge is 0.295 e. The number of hydrogen-bond donors (Lipinski definition) is 0. The normalized spacial score (nSPS) is 10.8. The predicted octanol–water partition coefficient (Wildman–Crippen LogP) is 1.91. The lowest BCUT2D eigenvalue weighted by Crippen LogP contribution is -2.28. The molecule has 6 nitrogen and oxygen atoms in total. The van der Waals surface area contributed by atoms with Crippen molar-refractivity contribution < 1.29 is 4.92 Å². The lowest BCUT2D eigenvalue weighted by Gasteiger charge is -2.17. The van der Waals surface area contributed by atoms with Crippen LogP contribution in [0.3, 0.4) is 0 Å². The van der Waals surface area contributed by atoms with E-state index in [2.05, 4.69) is 0 Å². The molecule has 0 unspecified atom stereocenters. The highest BCUT2D eigenvalue weighted by Crippen LogP contribution is 2.10. The molecule has 0 saturated heterocycles. The SMILES string of the molecule is CN(Cc1ccsc1)Cn1cc([N+](=O)[O-])ccc1=O. The van der Waals surface area contributed by atoms with E-state index in [1.54, 1.807) is 11.3 Å². The second-order valence-electron chi connectivity index (χ2n) is 4.24. The molecule has 0 fully saturated rings. The molecule has 100 valence electrons. The molecule has 0 spiro atoms. The molecule has 7 heteroatoms. The summed E-state index contributed by atoms with van der Waals surface area (Å²) in [5.41, 5.74) is 0.831. The van der Waals surface area contributed by atoms with E-state index < -0.39 is 4.92 Å². The van der Waals surface area contributed by atoms with Gasteiger partial charge in [0.2, 0.25) is 0 Å². The summed E-state index contributed by atoms with van der Waals surface area (Å²) < 4.78 is 1.34. The molecular formula is C12H13N3O3S. The lowest BCUT2D eigenvalue weighted by molar-refractivity contribution is -0.385. The molecule has 0 aliphatic rings. The fraction of sp³-hybridized carbons (Fsp3) is 0.250. The van der Waals surface area contributed by atoms with Crippen molar-refractivity contribution in [3.05, 3.63) is 61.2 Å². The number of thiophene rings is 1. The van der Waals surface area contributed by atoms with Gasteiger partial charge >= 0.3 is 0 Å². The van der Waals surface area contributed by atoms with Crippen LogP contribution in [0.1, 0.15) is 5.56 Å². The zero-order valence-corrected chi connectivity index (χ0v) is 11.2. The maximum absolute atomic E-state index is 11.6. The lowest BCUT2D eigenvalue weighted by atomic mass is 10.3. The van der Waals surface area contributed by atoms with E-state index in [9.17, 15) is 14.9 Å². The van der Waals surface area contributed by atoms with Gasteiger partial charge in [0, 0.05) is 18.7 Å². The van der Waals surface area contributed by atoms with E-state index in [0.29, 0.717) is 13.2 Å². The first-order valence-corrected chi connectivity index (χ1v) is 6.55. The molecule has 19 heavy (non-hydrogen) atoms. The minimum absolute atomic E-state index is 0.0801. The molecule has 0 N–H and O–H groups in total. The second kappa shape index (κ2) is 5.77. The number of nitro groups is 1. The summed E-state index contributed by atoms with van der Waals surface area (Å²) in [5, 5.41) is 14.7. The summed E-state index contributed by atoms with van der Waals surface area (Å²) in [4.78, 5) is 23.8. The van der Waals surface area contributed by atoms with E-state index in [4.69, 9.17) is 0 Å². The van der Waals surface area contributed by atoms with Gasteiger partial charge < -0.3 is 0 Å². The van der Waals surface area contributed by atoms with Crippen molar-refractivity contribution in [1.29, 1.82) is 0 Å². The van der Waals surface area contributed by atoms with Crippen molar-refractivity contribution >= 4 is 17.0 Å². The Morgan fingerprint density at radius 3 is 2.84 bits per heavy atom. The van der Waals surface area contributed by atoms with Gasteiger partial charge in [-0.05, 0) is 29.4 Å². The van der Waals surface area contributed by atoms with Crippen LogP contribution < -0.4 is 5.56 Å². The van der Waals surface area contributed by atoms with Gasteiger partial charge in [-0.1, -0.05) is 0 Å². The Morgan fingerprint density at radius 1 is 1.42 bits per heavy atom. The highest BCUT2D eigenvalue weighted by atomic mass is 32.1. The number of hydrogen-bond acceptors (Lipinski definition) is 5. The fourth-order valence-electron chi connectivity index (χ4n) is 1.74. The van der Waals surface area contributed by atoms with Gasteiger partial charge in [0.05, 0.1) is 17.8 Å². The molecule has 2 rings (SSSR count). The van der Waals surface area contributed by atoms with E-state index in [0.717, 1.165) is 5.56 Å². The van der Waals surface area contributed by atoms with Crippen LogP contribution in [-0.2, 0) is 13.2 Å². The van der Waals surface area contributed by atoms with Crippen molar-refractivity contribution in [3.8, 4) is 0 Å². The molecule has 0 radical (unpaired) electrons. The first-order chi connectivity index (χ1) is 9.06. The molecule has 0 aliphatic carbocycles. The van der Waals surface area contributed by atoms with Gasteiger partial charge in [0.25, 0.3) is 11.2 Å². The number of nitrogens with zero attached hydrogens (tertiary/aromatic N) is 3. The predicted molar refractivity (Wildman–Crippen MR) is 73.1 cm³/mol. The minimum atomic E-state index is -0.505. The molecular weight excluding hydrogens is 266 g/mol. The van der Waals surface area contributed by atoms with Crippen LogP contribution in [0.2, 0.25) is 0 Å². The Labute approximate surface area is 113 Å². The summed E-state index contributed by atoms with van der Waals surface area (Å²) in [6, 6.07) is 4.45. The molecule has 0 amide bonds. The minimum Gasteiger partial charge on any atom is -0.295 e. The number of pyridine rings is 1. The maximum atomic E-state index is 11.6. The molecule has 2 aromatic rings. The fourth-order valence-corrected chi connectivity index (χ4v) is 2.40. The van der Waals surface area contributed by atoms with Crippen molar-refractivity contribution in [2.75, 3.05) is 7.05 Å². The maximum Gasteiger partial charge on any atom is 0.285 e. The zero-order chi connectivity index (χ0) is 13.8. The van der Waals surface area contributed by atoms with Gasteiger partial charge in [-0.3, -0.25) is 24.4 Å². The Morgan fingerprint density at radius 2 is 2.21 bits per heavy atom. The summed E-state index contributed by atoms with van der Waals surface area (Å²) in [5.74, 6) is 0. The topological polar surface area (TPSA) is 68.4 Å². The van der Waals surface area contributed by atoms with Crippen molar-refractivity contribution in [2.24, 2.45) is 0 Å². The average Bonchev–Trinajstić information content (AvgIpc) is 2.84. The van der Waals surface area contributed by atoms with Crippen molar-refractivity contribution in [2.45, 2.75) is 13.2 Å². The van der Waals surface area contributed by atoms with Crippen LogP contribution in [0.15, 0.2) is 40.0 Å².